The lowest BCUT2D eigenvalue weighted by Gasteiger charge is -2.32. The summed E-state index contributed by atoms with van der Waals surface area (Å²) in [6.07, 6.45) is 0. The number of non-ortho nitro benzene ring substituents is 1. The number of piperazine rings is 1. The van der Waals surface area contributed by atoms with Crippen LogP contribution in [0.4, 0.5) is 5.69 Å². The Bertz CT molecular complexity index is 678. The Morgan fingerprint density at radius 2 is 1.92 bits per heavy atom. The van der Waals surface area contributed by atoms with Gasteiger partial charge in [-0.15, -0.1) is 12.4 Å². The molecule has 1 aromatic rings. The van der Waals surface area contributed by atoms with Gasteiger partial charge in [0.05, 0.1) is 15.5 Å². The summed E-state index contributed by atoms with van der Waals surface area (Å²) < 4.78 is 0. The minimum atomic E-state index is -0.683. The van der Waals surface area contributed by atoms with Gasteiger partial charge in [0.25, 0.3) is 11.6 Å². The van der Waals surface area contributed by atoms with Gasteiger partial charge in [-0.2, -0.15) is 0 Å². The smallest absolute Gasteiger partial charge is 0.270 e. The molecule has 2 N–H and O–H groups in total. The zero-order chi connectivity index (χ0) is 18.6. The van der Waals surface area contributed by atoms with E-state index in [9.17, 15) is 19.7 Å². The Kier molecular flexibility index (Phi) is 8.26. The van der Waals surface area contributed by atoms with E-state index in [4.69, 9.17) is 11.6 Å². The fraction of sp³-hybridized carbons (Fsp3) is 0.500. The highest BCUT2D eigenvalue weighted by Gasteiger charge is 2.30. The van der Waals surface area contributed by atoms with Crippen molar-refractivity contribution >= 4 is 41.5 Å². The normalized spacial score (nSPS) is 15.2. The lowest BCUT2D eigenvalue weighted by atomic mass is 10.0. The number of nitro benzene ring substituents is 1. The molecule has 0 aliphatic carbocycles. The van der Waals surface area contributed by atoms with E-state index in [0.29, 0.717) is 13.1 Å². The molecule has 144 valence electrons. The number of benzene rings is 1. The van der Waals surface area contributed by atoms with Gasteiger partial charge < -0.3 is 15.5 Å². The lowest BCUT2D eigenvalue weighted by molar-refractivity contribution is -0.384. The monoisotopic (exact) mass is 404 g/mol. The summed E-state index contributed by atoms with van der Waals surface area (Å²) in [7, 11) is 0. The minimum absolute atomic E-state index is 0. The molecule has 2 rings (SSSR count). The summed E-state index contributed by atoms with van der Waals surface area (Å²) in [5, 5.41) is 16.6. The van der Waals surface area contributed by atoms with Crippen molar-refractivity contribution in [2.24, 2.45) is 5.92 Å². The van der Waals surface area contributed by atoms with E-state index in [1.165, 1.54) is 12.1 Å². The Morgan fingerprint density at radius 3 is 2.42 bits per heavy atom. The van der Waals surface area contributed by atoms with E-state index in [0.717, 1.165) is 19.2 Å². The maximum Gasteiger partial charge on any atom is 0.270 e. The highest BCUT2D eigenvalue weighted by molar-refractivity contribution is 6.34. The predicted octanol–water partition coefficient (Wildman–Crippen LogP) is 1.86. The number of nitro groups is 1. The molecule has 1 saturated heterocycles. The van der Waals surface area contributed by atoms with E-state index in [1.54, 1.807) is 4.90 Å². The van der Waals surface area contributed by atoms with Crippen LogP contribution in [0.1, 0.15) is 24.2 Å². The van der Waals surface area contributed by atoms with Crippen LogP contribution in [0, 0.1) is 16.0 Å². The third kappa shape index (κ3) is 5.30. The second-order valence-electron chi connectivity index (χ2n) is 6.19. The average Bonchev–Trinajstić information content (AvgIpc) is 2.59. The SMILES string of the molecule is CC(C)C(NC(=O)c1ccc([N+](=O)[O-])cc1Cl)C(=O)N1CCNCC1.Cl. The van der Waals surface area contributed by atoms with Gasteiger partial charge >= 0.3 is 0 Å². The van der Waals surface area contributed by atoms with Crippen molar-refractivity contribution in [3.8, 4) is 0 Å². The summed E-state index contributed by atoms with van der Waals surface area (Å²) in [6.45, 7) is 6.33. The quantitative estimate of drug-likeness (QED) is 0.575. The second kappa shape index (κ2) is 9.70. The van der Waals surface area contributed by atoms with Crippen molar-refractivity contribution in [3.63, 3.8) is 0 Å². The van der Waals surface area contributed by atoms with E-state index < -0.39 is 16.9 Å². The first-order valence-corrected chi connectivity index (χ1v) is 8.43. The standard InChI is InChI=1S/C16H21ClN4O4.ClH/c1-10(2)14(16(23)20-7-5-18-6-8-20)19-15(22)12-4-3-11(21(24)25)9-13(12)17;/h3-4,9-10,14,18H,5-8H2,1-2H3,(H,19,22);1H. The van der Waals surface area contributed by atoms with Gasteiger partial charge in [0.15, 0.2) is 0 Å². The Balaban J connectivity index is 0.00000338. The maximum absolute atomic E-state index is 12.7. The average molecular weight is 405 g/mol. The van der Waals surface area contributed by atoms with Gasteiger partial charge in [0, 0.05) is 38.3 Å². The molecule has 8 nitrogen and oxygen atoms in total. The first-order valence-electron chi connectivity index (χ1n) is 8.05. The molecule has 1 atom stereocenters. The van der Waals surface area contributed by atoms with Gasteiger partial charge in [-0.1, -0.05) is 25.4 Å². The van der Waals surface area contributed by atoms with Crippen LogP contribution >= 0.6 is 24.0 Å². The topological polar surface area (TPSA) is 105 Å². The van der Waals surface area contributed by atoms with Crippen molar-refractivity contribution in [2.75, 3.05) is 26.2 Å². The van der Waals surface area contributed by atoms with Crippen LogP contribution < -0.4 is 10.6 Å². The number of nitrogens with one attached hydrogen (secondary N) is 2. The van der Waals surface area contributed by atoms with Crippen LogP contribution in [0.15, 0.2) is 18.2 Å². The first kappa shape index (κ1) is 22.1. The molecule has 0 bridgehead atoms. The predicted molar refractivity (Wildman–Crippen MR) is 101 cm³/mol. The zero-order valence-corrected chi connectivity index (χ0v) is 16.1. The van der Waals surface area contributed by atoms with Crippen molar-refractivity contribution in [3.05, 3.63) is 38.9 Å². The number of carbonyl (C=O) groups is 2. The Labute approximate surface area is 162 Å². The molecule has 0 aromatic heterocycles. The molecule has 1 aromatic carbocycles. The van der Waals surface area contributed by atoms with Gasteiger partial charge in [0.1, 0.15) is 6.04 Å². The van der Waals surface area contributed by atoms with Gasteiger partial charge in [-0.3, -0.25) is 19.7 Å². The largest absolute Gasteiger partial charge is 0.340 e. The maximum atomic E-state index is 12.7. The third-order valence-corrected chi connectivity index (χ3v) is 4.37. The molecule has 1 heterocycles. The highest BCUT2D eigenvalue weighted by Crippen LogP contribution is 2.23. The number of halogens is 2. The Hall–Kier alpha value is -1.90. The van der Waals surface area contributed by atoms with Crippen molar-refractivity contribution in [2.45, 2.75) is 19.9 Å². The van der Waals surface area contributed by atoms with E-state index in [2.05, 4.69) is 10.6 Å². The molecule has 0 spiro atoms. The fourth-order valence-electron chi connectivity index (χ4n) is 2.62. The first-order chi connectivity index (χ1) is 11.8. The number of rotatable bonds is 5. The second-order valence-corrected chi connectivity index (χ2v) is 6.60. The number of nitrogens with zero attached hydrogens (tertiary/aromatic N) is 2. The third-order valence-electron chi connectivity index (χ3n) is 4.06. The molecular formula is C16H22Cl2N4O4. The molecule has 2 amide bonds. The number of hydrogen-bond acceptors (Lipinski definition) is 5. The van der Waals surface area contributed by atoms with Crippen molar-refractivity contribution in [1.29, 1.82) is 0 Å². The van der Waals surface area contributed by atoms with Crippen molar-refractivity contribution < 1.29 is 14.5 Å². The van der Waals surface area contributed by atoms with Gasteiger partial charge in [-0.25, -0.2) is 0 Å². The molecule has 0 saturated carbocycles. The van der Waals surface area contributed by atoms with E-state index in [-0.39, 0.29) is 40.5 Å². The fourth-order valence-corrected chi connectivity index (χ4v) is 2.88. The zero-order valence-electron chi connectivity index (χ0n) is 14.5. The van der Waals surface area contributed by atoms with Gasteiger partial charge in [0.2, 0.25) is 5.91 Å². The molecule has 26 heavy (non-hydrogen) atoms. The molecule has 1 aliphatic heterocycles. The molecule has 1 fully saturated rings. The van der Waals surface area contributed by atoms with E-state index in [1.807, 2.05) is 13.8 Å². The summed E-state index contributed by atoms with van der Waals surface area (Å²) in [6, 6.07) is 2.95. The minimum Gasteiger partial charge on any atom is -0.340 e. The van der Waals surface area contributed by atoms with Crippen molar-refractivity contribution in [1.82, 2.24) is 15.5 Å². The summed E-state index contributed by atoms with van der Waals surface area (Å²) >= 11 is 5.99. The number of amides is 2. The summed E-state index contributed by atoms with van der Waals surface area (Å²) in [4.78, 5) is 37.1. The molecular weight excluding hydrogens is 383 g/mol. The molecule has 1 unspecified atom stereocenters. The van der Waals surface area contributed by atoms with Crippen LogP contribution in [0.3, 0.4) is 0 Å². The number of hydrogen-bond donors (Lipinski definition) is 2. The molecule has 0 radical (unpaired) electrons. The van der Waals surface area contributed by atoms with Crippen LogP contribution in [0.2, 0.25) is 5.02 Å². The number of carbonyl (C=O) groups excluding carboxylic acids is 2. The lowest BCUT2D eigenvalue weighted by Crippen LogP contribution is -2.55. The summed E-state index contributed by atoms with van der Waals surface area (Å²) in [5.41, 5.74) is -0.0927. The van der Waals surface area contributed by atoms with Crippen LogP contribution in [-0.2, 0) is 4.79 Å². The molecule has 1 aliphatic rings. The van der Waals surface area contributed by atoms with Gasteiger partial charge in [-0.05, 0) is 12.0 Å². The van der Waals surface area contributed by atoms with Crippen LogP contribution in [0.25, 0.3) is 0 Å². The van der Waals surface area contributed by atoms with E-state index >= 15 is 0 Å². The Morgan fingerprint density at radius 1 is 1.31 bits per heavy atom. The highest BCUT2D eigenvalue weighted by atomic mass is 35.5. The van der Waals surface area contributed by atoms with Crippen LogP contribution in [0.5, 0.6) is 0 Å². The van der Waals surface area contributed by atoms with Crippen LogP contribution in [-0.4, -0.2) is 53.9 Å². The summed E-state index contributed by atoms with van der Waals surface area (Å²) in [5.74, 6) is -0.770. The molecule has 10 heteroatoms.